The first-order valence-electron chi connectivity index (χ1n) is 3.07. The first-order chi connectivity index (χ1) is 4.35. The highest BCUT2D eigenvalue weighted by Crippen LogP contribution is 1.92. The first-order valence-corrected chi connectivity index (χ1v) is 4.48. The molecule has 0 rings (SSSR count). The van der Waals surface area contributed by atoms with Gasteiger partial charge in [-0.1, -0.05) is 6.08 Å². The van der Waals surface area contributed by atoms with Gasteiger partial charge in [0.2, 0.25) is 0 Å². The lowest BCUT2D eigenvalue weighted by Crippen LogP contribution is -2.08. The molecule has 0 spiro atoms. The minimum absolute atomic E-state index is 0.154. The van der Waals surface area contributed by atoms with Crippen molar-refractivity contribution in [3.63, 3.8) is 0 Å². The number of rotatable bonds is 4. The Hall–Kier alpha value is -0.123. The molecule has 0 saturated heterocycles. The highest BCUT2D eigenvalue weighted by molar-refractivity contribution is 6.09. The van der Waals surface area contributed by atoms with E-state index >= 15 is 0 Å². The molecule has 0 aromatic rings. The average Bonchev–Trinajstić information content (AvgIpc) is 1.91. The second-order valence-corrected chi connectivity index (χ2v) is 2.49. The predicted molar refractivity (Wildman–Crippen MR) is 41.7 cm³/mol. The molecule has 0 saturated carbocycles. The van der Waals surface area contributed by atoms with Gasteiger partial charge in [0.05, 0.1) is 0 Å². The van der Waals surface area contributed by atoms with Gasteiger partial charge in [0.25, 0.3) is 0 Å². The minimum Gasteiger partial charge on any atom is -0.352 e. The summed E-state index contributed by atoms with van der Waals surface area (Å²) in [5, 5.41) is 0. The van der Waals surface area contributed by atoms with Gasteiger partial charge in [-0.2, -0.15) is 0 Å². The van der Waals surface area contributed by atoms with E-state index in [1.807, 2.05) is 6.08 Å². The summed E-state index contributed by atoms with van der Waals surface area (Å²) in [5.41, 5.74) is 0. The minimum atomic E-state index is -0.154. The molecule has 0 amide bonds. The van der Waals surface area contributed by atoms with Crippen molar-refractivity contribution in [3.05, 3.63) is 12.2 Å². The van der Waals surface area contributed by atoms with Crippen molar-refractivity contribution in [1.82, 2.24) is 0 Å². The Kier molecular flexibility index (Phi) is 5.92. The predicted octanol–water partition coefficient (Wildman–Crippen LogP) is -0.0548. The van der Waals surface area contributed by atoms with Crippen molar-refractivity contribution in [3.8, 4) is 0 Å². The molecule has 9 heavy (non-hydrogen) atoms. The molecule has 3 heteroatoms. The van der Waals surface area contributed by atoms with Gasteiger partial charge in [0.15, 0.2) is 6.29 Å². The van der Waals surface area contributed by atoms with Crippen molar-refractivity contribution in [2.24, 2.45) is 0 Å². The molecule has 0 aromatic heterocycles. The molecule has 0 fully saturated rings. The van der Waals surface area contributed by atoms with Gasteiger partial charge < -0.3 is 9.47 Å². The fourth-order valence-electron chi connectivity index (χ4n) is 0.501. The largest absolute Gasteiger partial charge is 0.352 e. The number of ether oxygens (including phenoxy) is 2. The monoisotopic (exact) mass is 146 g/mol. The van der Waals surface area contributed by atoms with E-state index in [4.69, 9.17) is 9.47 Å². The third kappa shape index (κ3) is 4.38. The lowest BCUT2D eigenvalue weighted by molar-refractivity contribution is -0.0666. The van der Waals surface area contributed by atoms with E-state index in [0.717, 1.165) is 6.04 Å². The van der Waals surface area contributed by atoms with Crippen LogP contribution < -0.4 is 0 Å². The molecular weight excluding hydrogens is 132 g/mol. The first kappa shape index (κ1) is 8.88. The van der Waals surface area contributed by atoms with Crippen molar-refractivity contribution in [1.29, 1.82) is 0 Å². The Labute approximate surface area is 59.3 Å². The van der Waals surface area contributed by atoms with Crippen LogP contribution in [-0.2, 0) is 9.47 Å². The maximum atomic E-state index is 4.91. The molecule has 0 heterocycles. The van der Waals surface area contributed by atoms with Crippen LogP contribution in [0, 0.1) is 0 Å². The Morgan fingerprint density at radius 1 is 1.44 bits per heavy atom. The smallest absolute Gasteiger partial charge is 0.176 e. The lowest BCUT2D eigenvalue weighted by Gasteiger charge is -2.06. The zero-order valence-corrected chi connectivity index (χ0v) is 8.26. The molecule has 0 aliphatic heterocycles. The molecule has 0 aliphatic rings. The van der Waals surface area contributed by atoms with E-state index in [2.05, 4.69) is 6.08 Å². The third-order valence-electron chi connectivity index (χ3n) is 0.994. The van der Waals surface area contributed by atoms with Crippen LogP contribution in [0.5, 0.6) is 0 Å². The Bertz CT molecular complexity index is 79.1. The summed E-state index contributed by atoms with van der Waals surface area (Å²) in [7, 11) is 4.46. The Morgan fingerprint density at radius 3 is 2.33 bits per heavy atom. The van der Waals surface area contributed by atoms with Gasteiger partial charge in [-0.3, -0.25) is 0 Å². The van der Waals surface area contributed by atoms with Gasteiger partial charge in [-0.15, -0.1) is 0 Å². The zero-order valence-electron chi connectivity index (χ0n) is 6.26. The van der Waals surface area contributed by atoms with E-state index in [0.29, 0.717) is 0 Å². The SMILES string of the molecule is COC(C=CC[SiH3])OC. The van der Waals surface area contributed by atoms with Crippen LogP contribution >= 0.6 is 0 Å². The van der Waals surface area contributed by atoms with Crippen LogP contribution in [0.2, 0.25) is 6.04 Å². The highest BCUT2D eigenvalue weighted by atomic mass is 28.1. The normalized spacial score (nSPS) is 11.9. The topological polar surface area (TPSA) is 18.5 Å². The van der Waals surface area contributed by atoms with Gasteiger partial charge in [0.1, 0.15) is 0 Å². The summed E-state index contributed by atoms with van der Waals surface area (Å²) in [4.78, 5) is 0. The van der Waals surface area contributed by atoms with Gasteiger partial charge >= 0.3 is 0 Å². The molecular formula is C6H14O2Si. The fraction of sp³-hybridized carbons (Fsp3) is 0.667. The molecule has 54 valence electrons. The number of hydrogen-bond donors (Lipinski definition) is 0. The molecule has 0 aromatic carbocycles. The Morgan fingerprint density at radius 2 is 2.00 bits per heavy atom. The van der Waals surface area contributed by atoms with Gasteiger partial charge in [-0.25, -0.2) is 0 Å². The quantitative estimate of drug-likeness (QED) is 0.314. The van der Waals surface area contributed by atoms with Crippen LogP contribution in [0.1, 0.15) is 0 Å². The van der Waals surface area contributed by atoms with Crippen molar-refractivity contribution in [2.45, 2.75) is 12.3 Å². The van der Waals surface area contributed by atoms with E-state index in [1.165, 1.54) is 10.2 Å². The Balaban J connectivity index is 3.41. The number of methoxy groups -OCH3 is 2. The fourth-order valence-corrected chi connectivity index (χ4v) is 0.773. The zero-order chi connectivity index (χ0) is 7.11. The molecule has 0 aliphatic carbocycles. The second-order valence-electron chi connectivity index (χ2n) is 1.68. The summed E-state index contributed by atoms with van der Waals surface area (Å²) in [6.45, 7) is 0. The van der Waals surface area contributed by atoms with Crippen molar-refractivity contribution >= 4 is 10.2 Å². The highest BCUT2D eigenvalue weighted by Gasteiger charge is 1.94. The molecule has 0 N–H and O–H groups in total. The summed E-state index contributed by atoms with van der Waals surface area (Å²) < 4.78 is 9.82. The maximum absolute atomic E-state index is 4.91. The molecule has 2 nitrogen and oxygen atoms in total. The summed E-state index contributed by atoms with van der Waals surface area (Å²) in [6, 6.07) is 1.16. The van der Waals surface area contributed by atoms with Gasteiger partial charge in [0, 0.05) is 24.5 Å². The molecule has 0 unspecified atom stereocenters. The summed E-state index contributed by atoms with van der Waals surface area (Å²) >= 11 is 0. The molecule has 0 bridgehead atoms. The third-order valence-corrected chi connectivity index (χ3v) is 1.46. The average molecular weight is 146 g/mol. The van der Waals surface area contributed by atoms with Crippen LogP contribution in [-0.4, -0.2) is 30.8 Å². The lowest BCUT2D eigenvalue weighted by atomic mass is 10.5. The van der Waals surface area contributed by atoms with E-state index in [9.17, 15) is 0 Å². The number of hydrogen-bond acceptors (Lipinski definition) is 2. The summed E-state index contributed by atoms with van der Waals surface area (Å²) in [5.74, 6) is 0. The second kappa shape index (κ2) is 6.00. The maximum Gasteiger partial charge on any atom is 0.176 e. The van der Waals surface area contributed by atoms with E-state index < -0.39 is 0 Å². The number of allylic oxidation sites excluding steroid dienone is 1. The van der Waals surface area contributed by atoms with Crippen LogP contribution in [0.4, 0.5) is 0 Å². The molecule has 0 atom stereocenters. The van der Waals surface area contributed by atoms with E-state index in [1.54, 1.807) is 14.2 Å². The van der Waals surface area contributed by atoms with Gasteiger partial charge in [-0.05, 0) is 12.1 Å². The van der Waals surface area contributed by atoms with Crippen LogP contribution in [0.3, 0.4) is 0 Å². The molecule has 0 radical (unpaired) electrons. The van der Waals surface area contributed by atoms with E-state index in [-0.39, 0.29) is 6.29 Å². The van der Waals surface area contributed by atoms with Crippen molar-refractivity contribution < 1.29 is 9.47 Å². The van der Waals surface area contributed by atoms with Crippen molar-refractivity contribution in [2.75, 3.05) is 14.2 Å². The van der Waals surface area contributed by atoms with Crippen LogP contribution in [0.15, 0.2) is 12.2 Å². The van der Waals surface area contributed by atoms with Crippen LogP contribution in [0.25, 0.3) is 0 Å². The summed E-state index contributed by atoms with van der Waals surface area (Å²) in [6.07, 6.45) is 3.84. The standard InChI is InChI=1S/C6H14O2Si/c1-7-6(8-2)4-3-5-9/h3-4,6H,5H2,1-2,9H3.